The Balaban J connectivity index is 1.60. The van der Waals surface area contributed by atoms with Crippen molar-refractivity contribution in [1.82, 2.24) is 9.97 Å². The van der Waals surface area contributed by atoms with E-state index >= 15 is 0 Å². The minimum atomic E-state index is 0.607. The van der Waals surface area contributed by atoms with E-state index in [0.717, 1.165) is 35.4 Å². The number of fused-ring (bicyclic) bond motifs is 1. The van der Waals surface area contributed by atoms with E-state index in [0.29, 0.717) is 5.95 Å². The molecule has 0 aliphatic rings. The van der Waals surface area contributed by atoms with Crippen LogP contribution in [0.2, 0.25) is 0 Å². The maximum atomic E-state index is 4.74. The van der Waals surface area contributed by atoms with E-state index in [4.69, 9.17) is 4.98 Å². The number of benzene rings is 2. The summed E-state index contributed by atoms with van der Waals surface area (Å²) < 4.78 is 0. The van der Waals surface area contributed by atoms with Gasteiger partial charge < -0.3 is 10.6 Å². The van der Waals surface area contributed by atoms with Gasteiger partial charge in [-0.1, -0.05) is 24.3 Å². The van der Waals surface area contributed by atoms with Crippen molar-refractivity contribution in [1.29, 1.82) is 0 Å². The summed E-state index contributed by atoms with van der Waals surface area (Å²) in [6.45, 7) is 5.06. The Hall–Kier alpha value is -2.92. The minimum absolute atomic E-state index is 0.607. The molecule has 2 heterocycles. The van der Waals surface area contributed by atoms with Crippen molar-refractivity contribution < 1.29 is 0 Å². The van der Waals surface area contributed by atoms with Gasteiger partial charge in [0.1, 0.15) is 5.82 Å². The van der Waals surface area contributed by atoms with Crippen molar-refractivity contribution in [2.75, 3.05) is 17.2 Å². The van der Waals surface area contributed by atoms with Gasteiger partial charge in [0.05, 0.1) is 5.52 Å². The molecule has 0 radical (unpaired) electrons. The number of hydrogen-bond acceptors (Lipinski definition) is 5. The zero-order valence-electron chi connectivity index (χ0n) is 15.5. The van der Waals surface area contributed by atoms with Gasteiger partial charge in [0.15, 0.2) is 0 Å². The third kappa shape index (κ3) is 4.09. The first-order valence-corrected chi connectivity index (χ1v) is 9.94. The second kappa shape index (κ2) is 7.76. The topological polar surface area (TPSA) is 49.8 Å². The fourth-order valence-electron chi connectivity index (χ4n) is 2.97. The van der Waals surface area contributed by atoms with Gasteiger partial charge in [-0.25, -0.2) is 4.98 Å². The fraction of sp³-hybridized carbons (Fsp3) is 0.182. The standard InChI is InChI=1S/C22H22N4S/c1-15-9-10-17(14-16(15)2)24-22-25-20-8-4-3-7-19(20)21(26-22)23-12-11-18-6-5-13-27-18/h3-10,13-14H,11-12H2,1-2H3,(H2,23,24,25,26). The van der Waals surface area contributed by atoms with Crippen LogP contribution >= 0.6 is 11.3 Å². The van der Waals surface area contributed by atoms with Crippen molar-refractivity contribution >= 4 is 39.7 Å². The van der Waals surface area contributed by atoms with Gasteiger partial charge in [0.2, 0.25) is 5.95 Å². The summed E-state index contributed by atoms with van der Waals surface area (Å²) in [6, 6.07) is 18.6. The molecule has 0 aliphatic carbocycles. The molecule has 4 nitrogen and oxygen atoms in total. The summed E-state index contributed by atoms with van der Waals surface area (Å²) in [5.41, 5.74) is 4.45. The summed E-state index contributed by atoms with van der Waals surface area (Å²) in [5.74, 6) is 1.47. The average Bonchev–Trinajstić information content (AvgIpc) is 3.18. The molecule has 0 saturated heterocycles. The van der Waals surface area contributed by atoms with Crippen molar-refractivity contribution in [2.24, 2.45) is 0 Å². The van der Waals surface area contributed by atoms with Gasteiger partial charge in [-0.05, 0) is 67.1 Å². The molecule has 27 heavy (non-hydrogen) atoms. The Kier molecular flexibility index (Phi) is 5.03. The van der Waals surface area contributed by atoms with E-state index in [9.17, 15) is 0 Å². The first kappa shape index (κ1) is 17.5. The molecule has 2 N–H and O–H groups in total. The average molecular weight is 375 g/mol. The van der Waals surface area contributed by atoms with Crippen molar-refractivity contribution in [2.45, 2.75) is 20.3 Å². The maximum Gasteiger partial charge on any atom is 0.229 e. The lowest BCUT2D eigenvalue weighted by atomic mass is 10.1. The van der Waals surface area contributed by atoms with Gasteiger partial charge in [0.25, 0.3) is 0 Å². The zero-order chi connectivity index (χ0) is 18.6. The molecular formula is C22H22N4S. The van der Waals surface area contributed by atoms with Gasteiger partial charge in [-0.15, -0.1) is 11.3 Å². The van der Waals surface area contributed by atoms with Gasteiger partial charge in [-0.3, -0.25) is 0 Å². The Labute approximate surface area is 163 Å². The summed E-state index contributed by atoms with van der Waals surface area (Å²) in [5, 5.41) is 9.98. The third-order valence-electron chi connectivity index (χ3n) is 4.61. The number of rotatable bonds is 6. The first-order valence-electron chi connectivity index (χ1n) is 9.06. The number of aromatic nitrogens is 2. The van der Waals surface area contributed by atoms with Crippen LogP contribution in [-0.4, -0.2) is 16.5 Å². The van der Waals surface area contributed by atoms with Crippen LogP contribution in [-0.2, 0) is 6.42 Å². The number of para-hydroxylation sites is 1. The van der Waals surface area contributed by atoms with Crippen LogP contribution in [0, 0.1) is 13.8 Å². The molecule has 2 aromatic heterocycles. The largest absolute Gasteiger partial charge is 0.369 e. The molecule has 136 valence electrons. The maximum absolute atomic E-state index is 4.74. The number of anilines is 3. The number of hydrogen-bond donors (Lipinski definition) is 2. The predicted octanol–water partition coefficient (Wildman–Crippen LogP) is 5.71. The monoisotopic (exact) mass is 374 g/mol. The van der Waals surface area contributed by atoms with Crippen LogP contribution in [0.4, 0.5) is 17.5 Å². The Morgan fingerprint density at radius 3 is 2.63 bits per heavy atom. The summed E-state index contributed by atoms with van der Waals surface area (Å²) in [6.07, 6.45) is 0.982. The predicted molar refractivity (Wildman–Crippen MR) is 115 cm³/mol. The van der Waals surface area contributed by atoms with Crippen LogP contribution in [0.3, 0.4) is 0 Å². The van der Waals surface area contributed by atoms with E-state index in [-0.39, 0.29) is 0 Å². The molecule has 0 saturated carbocycles. The summed E-state index contributed by atoms with van der Waals surface area (Å²) >= 11 is 1.78. The molecule has 0 aliphatic heterocycles. The lowest BCUT2D eigenvalue weighted by Crippen LogP contribution is -2.08. The molecule has 0 unspecified atom stereocenters. The molecule has 2 aromatic carbocycles. The molecular weight excluding hydrogens is 352 g/mol. The number of thiophene rings is 1. The van der Waals surface area contributed by atoms with Crippen LogP contribution < -0.4 is 10.6 Å². The fourth-order valence-corrected chi connectivity index (χ4v) is 3.68. The van der Waals surface area contributed by atoms with E-state index in [1.165, 1.54) is 16.0 Å². The molecule has 0 bridgehead atoms. The van der Waals surface area contributed by atoms with Gasteiger partial charge in [-0.2, -0.15) is 4.98 Å². The highest BCUT2D eigenvalue weighted by atomic mass is 32.1. The highest BCUT2D eigenvalue weighted by Crippen LogP contribution is 2.24. The summed E-state index contributed by atoms with van der Waals surface area (Å²) in [7, 11) is 0. The molecule has 4 rings (SSSR count). The van der Waals surface area contributed by atoms with Crippen LogP contribution in [0.15, 0.2) is 60.0 Å². The van der Waals surface area contributed by atoms with Crippen LogP contribution in [0.25, 0.3) is 10.9 Å². The van der Waals surface area contributed by atoms with Gasteiger partial charge >= 0.3 is 0 Å². The molecule has 0 amide bonds. The first-order chi connectivity index (χ1) is 13.2. The van der Waals surface area contributed by atoms with E-state index in [1.54, 1.807) is 11.3 Å². The van der Waals surface area contributed by atoms with Crippen LogP contribution in [0.1, 0.15) is 16.0 Å². The number of aryl methyl sites for hydroxylation is 2. The zero-order valence-corrected chi connectivity index (χ0v) is 16.3. The van der Waals surface area contributed by atoms with Crippen LogP contribution in [0.5, 0.6) is 0 Å². The van der Waals surface area contributed by atoms with E-state index < -0.39 is 0 Å². The number of nitrogens with zero attached hydrogens (tertiary/aromatic N) is 2. The smallest absolute Gasteiger partial charge is 0.229 e. The second-order valence-electron chi connectivity index (χ2n) is 6.59. The Morgan fingerprint density at radius 1 is 0.926 bits per heavy atom. The highest BCUT2D eigenvalue weighted by Gasteiger charge is 2.08. The second-order valence-corrected chi connectivity index (χ2v) is 7.63. The van der Waals surface area contributed by atoms with Crippen molar-refractivity contribution in [3.63, 3.8) is 0 Å². The normalized spacial score (nSPS) is 10.9. The minimum Gasteiger partial charge on any atom is -0.369 e. The quantitative estimate of drug-likeness (QED) is 0.454. The van der Waals surface area contributed by atoms with Gasteiger partial charge in [0, 0.05) is 22.5 Å². The molecule has 5 heteroatoms. The molecule has 0 fully saturated rings. The third-order valence-corrected chi connectivity index (χ3v) is 5.55. The molecule has 0 atom stereocenters. The van der Waals surface area contributed by atoms with E-state index in [2.05, 4.69) is 71.2 Å². The molecule has 0 spiro atoms. The Bertz CT molecular complexity index is 1060. The highest BCUT2D eigenvalue weighted by molar-refractivity contribution is 7.09. The Morgan fingerprint density at radius 2 is 1.81 bits per heavy atom. The number of nitrogens with one attached hydrogen (secondary N) is 2. The van der Waals surface area contributed by atoms with Crippen molar-refractivity contribution in [3.05, 3.63) is 76.0 Å². The SMILES string of the molecule is Cc1ccc(Nc2nc(NCCc3cccs3)c3ccccc3n2)cc1C. The lowest BCUT2D eigenvalue weighted by Gasteiger charge is -2.12. The molecule has 4 aromatic rings. The summed E-state index contributed by atoms with van der Waals surface area (Å²) in [4.78, 5) is 10.8. The van der Waals surface area contributed by atoms with E-state index in [1.807, 2.05) is 18.2 Å². The van der Waals surface area contributed by atoms with Crippen molar-refractivity contribution in [3.8, 4) is 0 Å². The lowest BCUT2D eigenvalue weighted by molar-refractivity contribution is 1.03.